The number of Topliss-reactive ketones (excluding diaryl/α,β-unsaturated/α-hetero) is 1. The summed E-state index contributed by atoms with van der Waals surface area (Å²) in [5.74, 6) is -18.2. The molecule has 8 atom stereocenters. The van der Waals surface area contributed by atoms with Crippen LogP contribution in [0.4, 0.5) is 4.79 Å². The fourth-order valence-corrected chi connectivity index (χ4v) is 13.0. The molecule has 0 bridgehead atoms. The summed E-state index contributed by atoms with van der Waals surface area (Å²) < 4.78 is 0. The lowest BCUT2D eigenvalue weighted by Gasteiger charge is -2.33. The number of hydrogen-bond donors (Lipinski definition) is 24. The zero-order chi connectivity index (χ0) is 89.6. The minimum atomic E-state index is -1.75. The third-order valence-corrected chi connectivity index (χ3v) is 19.3. The molecule has 3 saturated heterocycles. The van der Waals surface area contributed by atoms with E-state index in [4.69, 9.17) is 22.3 Å². The number of aliphatic carboxylic acids is 5. The maximum absolute atomic E-state index is 14.5. The monoisotopic (exact) mass is 1720 g/mol. The SMILES string of the molecule is N=C(N)NCCC[C@@H]1NC(=O)[C@H](CCCCNC(=O)N(CCC(=O)CNCCCC[C@H]2NC(=O)[C@H](Cc3ccccc3)NC(=O)[C@H](CC(=O)O)NC(=O)CNC(=O)[C@H](CCCNC(=N)N)NC2=O)NC(=O)CN2CCN(CC(=O)O)CCN(CC(=O)O)CCN(CC(=O)O)CC2)NC(=O)[C@H](Cc2ccccc2)NC(=O)[C@H](CC(=O)O)NC(=O)CNC1=O. The second kappa shape index (κ2) is 53.7. The van der Waals surface area contributed by atoms with Crippen LogP contribution in [-0.2, 0) is 94.3 Å². The molecular weight excluding hydrogens is 1600 g/mol. The summed E-state index contributed by atoms with van der Waals surface area (Å²) >= 11 is 0. The molecule has 0 aromatic heterocycles. The molecule has 672 valence electrons. The minimum Gasteiger partial charge on any atom is -0.481 e. The molecule has 5 rings (SSSR count). The standard InChI is InChI=1S/C75H114N24O23/c76-73(77)81-24-11-19-49-65(114)84-40-57(101)86-55(37-60(104)105)71(120)92-53(35-46-13-3-1-4-14-46)69(118)90-51(67(116)88-49)17-7-9-22-80-39-48(100)21-26-99(94-59(103)42-95-27-29-96(43-62(108)109)31-33-98(45-64(112)113)34-32-97(30-28-95)44-63(110)111)75(122)83-23-10-8-18-52-68(117)89-50(20-12-25-82-74(78)79)66(115)85-41-58(102)87-56(38-61(106)107)72(121)93-54(70(119)91-52)36-47-15-5-2-6-16-47/h1-6,13-16,49-56,80H,7-12,17-45H2,(H,83,122)(H,84,114)(H,85,115)(H,86,101)(H,87,102)(H,88,116)(H,89,117)(H,90,118)(H,91,119)(H,92,120)(H,93,121)(H,94,103)(H,104,105)(H,106,107)(H,108,109)(H,110,111)(H,112,113)(H4,76,77,81)(H4,78,79,82)/t49-,50-,51+,52-,53-,54-,55-,56-/m0/s1. The molecular formula is C75H114N24O23. The first kappa shape index (κ1) is 99.8. The Bertz CT molecular complexity index is 3910. The van der Waals surface area contributed by atoms with Crippen molar-refractivity contribution in [2.24, 2.45) is 11.5 Å². The van der Waals surface area contributed by atoms with Crippen LogP contribution in [0.2, 0.25) is 0 Å². The Hall–Kier alpha value is -12.8. The highest BCUT2D eigenvalue weighted by Crippen LogP contribution is 2.14. The Morgan fingerprint density at radius 1 is 0.393 bits per heavy atom. The van der Waals surface area contributed by atoms with Gasteiger partial charge in [-0.3, -0.25) is 117 Å². The number of nitrogens with two attached hydrogens (primary N) is 2. The molecule has 47 heteroatoms. The van der Waals surface area contributed by atoms with Crippen LogP contribution in [0.3, 0.4) is 0 Å². The van der Waals surface area contributed by atoms with Gasteiger partial charge in [-0.05, 0) is 81.9 Å². The van der Waals surface area contributed by atoms with Crippen molar-refractivity contribution in [3.8, 4) is 0 Å². The Morgan fingerprint density at radius 3 is 1.09 bits per heavy atom. The number of unbranched alkanes of at least 4 members (excludes halogenated alkanes) is 2. The number of amides is 13. The number of nitrogens with one attached hydrogen (secondary N) is 17. The summed E-state index contributed by atoms with van der Waals surface area (Å²) in [5, 5.41) is 100. The number of hydrogen-bond acceptors (Lipinski definition) is 25. The predicted molar refractivity (Wildman–Crippen MR) is 432 cm³/mol. The first-order chi connectivity index (χ1) is 58.1. The van der Waals surface area contributed by atoms with Crippen molar-refractivity contribution < 1.29 is 112 Å². The molecule has 122 heavy (non-hydrogen) atoms. The van der Waals surface area contributed by atoms with E-state index in [0.29, 0.717) is 11.1 Å². The first-order valence-corrected chi connectivity index (χ1v) is 39.9. The van der Waals surface area contributed by atoms with E-state index in [-0.39, 0.29) is 168 Å². The normalized spacial score (nSPS) is 20.9. The van der Waals surface area contributed by atoms with Crippen LogP contribution >= 0.6 is 0 Å². The van der Waals surface area contributed by atoms with Gasteiger partial charge < -0.3 is 111 Å². The largest absolute Gasteiger partial charge is 0.481 e. The molecule has 3 fully saturated rings. The number of carbonyl (C=O) groups is 18. The number of hydrazine groups is 1. The van der Waals surface area contributed by atoms with Crippen molar-refractivity contribution in [1.82, 2.24) is 104 Å². The van der Waals surface area contributed by atoms with Crippen LogP contribution in [0.5, 0.6) is 0 Å². The van der Waals surface area contributed by atoms with Crippen LogP contribution in [-0.4, -0.2) is 348 Å². The highest BCUT2D eigenvalue weighted by Gasteiger charge is 2.37. The van der Waals surface area contributed by atoms with Gasteiger partial charge in [-0.15, -0.1) is 0 Å². The number of rotatable bonds is 39. The van der Waals surface area contributed by atoms with Gasteiger partial charge in [0.2, 0.25) is 59.1 Å². The highest BCUT2D eigenvalue weighted by atomic mass is 16.4. The number of carbonyl (C=O) groups excluding carboxylic acids is 13. The molecule has 2 aromatic rings. The van der Waals surface area contributed by atoms with E-state index in [1.54, 1.807) is 70.5 Å². The van der Waals surface area contributed by atoms with Gasteiger partial charge in [-0.25, -0.2) is 9.80 Å². The molecule has 0 saturated carbocycles. The van der Waals surface area contributed by atoms with Crippen molar-refractivity contribution >= 4 is 119 Å². The number of carboxylic acids is 5. The summed E-state index contributed by atoms with van der Waals surface area (Å²) in [6.45, 7) is -3.91. The van der Waals surface area contributed by atoms with Crippen molar-refractivity contribution in [1.29, 1.82) is 10.8 Å². The maximum Gasteiger partial charge on any atom is 0.336 e. The summed E-state index contributed by atoms with van der Waals surface area (Å²) in [6, 6.07) is 3.50. The van der Waals surface area contributed by atoms with Crippen LogP contribution < -0.4 is 91.3 Å². The minimum absolute atomic E-state index is 0.00433. The van der Waals surface area contributed by atoms with Crippen LogP contribution in [0, 0.1) is 10.8 Å². The van der Waals surface area contributed by atoms with E-state index in [1.165, 1.54) is 9.80 Å². The number of guanidine groups is 2. The van der Waals surface area contributed by atoms with E-state index < -0.39 is 226 Å². The molecule has 2 aromatic carbocycles. The van der Waals surface area contributed by atoms with Crippen molar-refractivity contribution in [3.05, 3.63) is 71.8 Å². The van der Waals surface area contributed by atoms with Gasteiger partial charge in [0.25, 0.3) is 5.91 Å². The summed E-state index contributed by atoms with van der Waals surface area (Å²) in [4.78, 5) is 248. The van der Waals surface area contributed by atoms with Crippen LogP contribution in [0.1, 0.15) is 94.6 Å². The van der Waals surface area contributed by atoms with E-state index in [0.717, 1.165) is 5.01 Å². The predicted octanol–water partition coefficient (Wildman–Crippen LogP) is -8.51. The van der Waals surface area contributed by atoms with Crippen molar-refractivity contribution in [3.63, 3.8) is 0 Å². The number of carboxylic acid groups (broad SMARTS) is 5. The second-order valence-electron chi connectivity index (χ2n) is 29.2. The van der Waals surface area contributed by atoms with Gasteiger partial charge in [0.1, 0.15) is 54.1 Å². The number of ketones is 1. The topological polar surface area (TPSA) is 705 Å². The van der Waals surface area contributed by atoms with Crippen molar-refractivity contribution in [2.75, 3.05) is 131 Å². The van der Waals surface area contributed by atoms with Gasteiger partial charge in [-0.1, -0.05) is 60.7 Å². The molecule has 0 radical (unpaired) electrons. The fourth-order valence-electron chi connectivity index (χ4n) is 13.0. The van der Waals surface area contributed by atoms with E-state index in [9.17, 15) is 112 Å². The third kappa shape index (κ3) is 40.3. The number of nitrogens with zero attached hydrogens (tertiary/aromatic N) is 5. The molecule has 3 aliphatic heterocycles. The molecule has 26 N–H and O–H groups in total. The summed E-state index contributed by atoms with van der Waals surface area (Å²) in [6.07, 6.45) is -2.56. The average molecular weight is 1720 g/mol. The van der Waals surface area contributed by atoms with Crippen LogP contribution in [0.15, 0.2) is 60.7 Å². The molecule has 13 amide bonds. The zero-order valence-electron chi connectivity index (χ0n) is 67.6. The smallest absolute Gasteiger partial charge is 0.336 e. The quantitative estimate of drug-likeness (QED) is 0.0128. The van der Waals surface area contributed by atoms with Gasteiger partial charge in [0.05, 0.1) is 65.2 Å². The Labute approximate surface area is 701 Å². The Morgan fingerprint density at radius 2 is 0.721 bits per heavy atom. The van der Waals surface area contributed by atoms with Crippen molar-refractivity contribution in [2.45, 2.75) is 145 Å². The molecule has 0 aliphatic carbocycles. The van der Waals surface area contributed by atoms with Gasteiger partial charge in [0.15, 0.2) is 11.9 Å². The molecule has 3 heterocycles. The lowest BCUT2D eigenvalue weighted by atomic mass is 10.0. The fraction of sp³-hybridized carbons (Fsp3) is 0.573. The van der Waals surface area contributed by atoms with E-state index >= 15 is 0 Å². The zero-order valence-corrected chi connectivity index (χ0v) is 67.6. The number of benzene rings is 2. The Kier molecular flexibility index (Phi) is 43.9. The summed E-state index contributed by atoms with van der Waals surface area (Å²) in [5.41, 5.74) is 14.5. The molecule has 0 unspecified atom stereocenters. The lowest BCUT2D eigenvalue weighted by molar-refractivity contribution is -0.141. The molecule has 0 spiro atoms. The lowest BCUT2D eigenvalue weighted by Crippen LogP contribution is -2.58. The van der Waals surface area contributed by atoms with Gasteiger partial charge in [0, 0.05) is 91.3 Å². The van der Waals surface area contributed by atoms with E-state index in [2.05, 4.69) is 79.9 Å². The average Bonchev–Trinajstić information content (AvgIpc) is 1.44. The second-order valence-corrected chi connectivity index (χ2v) is 29.2. The molecule has 3 aliphatic rings. The van der Waals surface area contributed by atoms with E-state index in [1.807, 2.05) is 0 Å². The molecule has 47 nitrogen and oxygen atoms in total. The van der Waals surface area contributed by atoms with Gasteiger partial charge in [-0.2, -0.15) is 0 Å². The first-order valence-electron chi connectivity index (χ1n) is 39.9. The summed E-state index contributed by atoms with van der Waals surface area (Å²) in [7, 11) is 0. The van der Waals surface area contributed by atoms with Gasteiger partial charge >= 0.3 is 35.9 Å². The van der Waals surface area contributed by atoms with Crippen LogP contribution in [0.25, 0.3) is 0 Å². The highest BCUT2D eigenvalue weighted by molar-refractivity contribution is 6.00. The third-order valence-electron chi connectivity index (χ3n) is 19.3. The Balaban J connectivity index is 1.38. The maximum atomic E-state index is 14.5. The number of urea groups is 1.